The monoisotopic (exact) mass is 416 g/mol. The molecule has 5 heteroatoms. The van der Waals surface area contributed by atoms with Crippen molar-refractivity contribution in [2.45, 2.75) is 32.4 Å². The van der Waals surface area contributed by atoms with Crippen LogP contribution < -0.4 is 10.1 Å². The fourth-order valence-electron chi connectivity index (χ4n) is 3.26. The summed E-state index contributed by atoms with van der Waals surface area (Å²) in [6.07, 6.45) is 1.96. The highest BCUT2D eigenvalue weighted by Crippen LogP contribution is 2.22. The first-order valence-electron chi connectivity index (χ1n) is 9.05. The molecule has 2 aromatic carbocycles. The largest absolute Gasteiger partial charge is 0.484 e. The molecule has 0 spiro atoms. The van der Waals surface area contributed by atoms with Crippen molar-refractivity contribution in [1.29, 1.82) is 0 Å². The van der Waals surface area contributed by atoms with E-state index in [1.807, 2.05) is 31.2 Å². The molecular weight excluding hydrogens is 392 g/mol. The van der Waals surface area contributed by atoms with Crippen LogP contribution in [0.25, 0.3) is 0 Å². The molecule has 0 aromatic heterocycles. The summed E-state index contributed by atoms with van der Waals surface area (Å²) in [4.78, 5) is 14.6. The van der Waals surface area contributed by atoms with Crippen molar-refractivity contribution in [3.63, 3.8) is 0 Å². The van der Waals surface area contributed by atoms with Gasteiger partial charge in [0.25, 0.3) is 5.91 Å². The summed E-state index contributed by atoms with van der Waals surface area (Å²) in [5.74, 6) is 0.704. The van der Waals surface area contributed by atoms with Crippen LogP contribution in [0.3, 0.4) is 0 Å². The van der Waals surface area contributed by atoms with Crippen LogP contribution in [0.2, 0.25) is 0 Å². The fraction of sp³-hybridized carbons (Fsp3) is 0.381. The molecule has 0 bridgehead atoms. The Bertz CT molecular complexity index is 728. The Labute approximate surface area is 163 Å². The molecule has 1 heterocycles. The first-order chi connectivity index (χ1) is 12.6. The molecule has 1 fully saturated rings. The maximum atomic E-state index is 12.2. The molecule has 0 atom stereocenters. The van der Waals surface area contributed by atoms with E-state index in [9.17, 15) is 4.79 Å². The van der Waals surface area contributed by atoms with Crippen LogP contribution in [-0.4, -0.2) is 36.5 Å². The van der Waals surface area contributed by atoms with Gasteiger partial charge in [-0.05, 0) is 49.1 Å². The summed E-state index contributed by atoms with van der Waals surface area (Å²) in [6, 6.07) is 16.6. The number of rotatable bonds is 6. The molecule has 26 heavy (non-hydrogen) atoms. The zero-order valence-electron chi connectivity index (χ0n) is 15.1. The van der Waals surface area contributed by atoms with Crippen molar-refractivity contribution in [3.8, 4) is 5.75 Å². The summed E-state index contributed by atoms with van der Waals surface area (Å²) in [5.41, 5.74) is 2.36. The van der Waals surface area contributed by atoms with E-state index in [1.54, 1.807) is 0 Å². The van der Waals surface area contributed by atoms with Crippen LogP contribution in [0.15, 0.2) is 53.0 Å². The molecule has 1 N–H and O–H groups in total. The standard InChI is InChI=1S/C21H25BrN2O2/c1-16-13-18(22)7-8-20(16)26-15-21(25)23-19-9-11-24(12-10-19)14-17-5-3-2-4-6-17/h2-8,13,19H,9-12,14-15H2,1H3,(H,23,25). The van der Waals surface area contributed by atoms with Gasteiger partial charge in [0.2, 0.25) is 0 Å². The minimum Gasteiger partial charge on any atom is -0.484 e. The average Bonchev–Trinajstić information content (AvgIpc) is 2.63. The van der Waals surface area contributed by atoms with Gasteiger partial charge in [-0.1, -0.05) is 46.3 Å². The van der Waals surface area contributed by atoms with Gasteiger partial charge in [-0.25, -0.2) is 0 Å². The molecule has 138 valence electrons. The number of nitrogens with zero attached hydrogens (tertiary/aromatic N) is 1. The number of nitrogens with one attached hydrogen (secondary N) is 1. The zero-order valence-corrected chi connectivity index (χ0v) is 16.7. The van der Waals surface area contributed by atoms with E-state index < -0.39 is 0 Å². The lowest BCUT2D eigenvalue weighted by atomic mass is 10.0. The smallest absolute Gasteiger partial charge is 0.258 e. The van der Waals surface area contributed by atoms with Gasteiger partial charge in [-0.15, -0.1) is 0 Å². The van der Waals surface area contributed by atoms with Crippen molar-refractivity contribution in [2.75, 3.05) is 19.7 Å². The third-order valence-corrected chi connectivity index (χ3v) is 5.19. The van der Waals surface area contributed by atoms with E-state index in [0.717, 1.165) is 48.3 Å². The van der Waals surface area contributed by atoms with Gasteiger partial charge in [0.05, 0.1) is 0 Å². The number of piperidine rings is 1. The highest BCUT2D eigenvalue weighted by atomic mass is 79.9. The number of carbonyl (C=O) groups excluding carboxylic acids is 1. The Balaban J connectivity index is 1.39. The zero-order chi connectivity index (χ0) is 18.4. The van der Waals surface area contributed by atoms with Crippen molar-refractivity contribution >= 4 is 21.8 Å². The maximum absolute atomic E-state index is 12.2. The minimum atomic E-state index is -0.0474. The number of likely N-dealkylation sites (tertiary alicyclic amines) is 1. The van der Waals surface area contributed by atoms with Crippen molar-refractivity contribution in [3.05, 3.63) is 64.1 Å². The second-order valence-electron chi connectivity index (χ2n) is 6.80. The molecule has 3 rings (SSSR count). The van der Waals surface area contributed by atoms with Crippen LogP contribution in [-0.2, 0) is 11.3 Å². The molecule has 4 nitrogen and oxygen atoms in total. The summed E-state index contributed by atoms with van der Waals surface area (Å²) in [7, 11) is 0. The normalized spacial score (nSPS) is 15.6. The molecule has 0 saturated carbocycles. The number of amides is 1. The van der Waals surface area contributed by atoms with Gasteiger partial charge in [-0.2, -0.15) is 0 Å². The van der Waals surface area contributed by atoms with Crippen LogP contribution >= 0.6 is 15.9 Å². The number of hydrogen-bond acceptors (Lipinski definition) is 3. The quantitative estimate of drug-likeness (QED) is 0.775. The van der Waals surface area contributed by atoms with Gasteiger partial charge < -0.3 is 10.1 Å². The molecule has 1 aliphatic heterocycles. The lowest BCUT2D eigenvalue weighted by molar-refractivity contribution is -0.124. The van der Waals surface area contributed by atoms with E-state index in [2.05, 4.69) is 50.4 Å². The number of aryl methyl sites for hydroxylation is 1. The predicted octanol–water partition coefficient (Wildman–Crippen LogP) is 3.92. The lowest BCUT2D eigenvalue weighted by Gasteiger charge is -2.32. The van der Waals surface area contributed by atoms with Crippen molar-refractivity contribution < 1.29 is 9.53 Å². The van der Waals surface area contributed by atoms with E-state index in [-0.39, 0.29) is 18.6 Å². The molecule has 1 aliphatic rings. The summed E-state index contributed by atoms with van der Waals surface area (Å²) in [6.45, 7) is 5.03. The second kappa shape index (κ2) is 9.19. The minimum absolute atomic E-state index is 0.0474. The van der Waals surface area contributed by atoms with E-state index in [0.29, 0.717) is 0 Å². The van der Waals surface area contributed by atoms with E-state index in [1.165, 1.54) is 5.56 Å². The highest BCUT2D eigenvalue weighted by molar-refractivity contribution is 9.10. The molecule has 1 amide bonds. The number of carbonyl (C=O) groups is 1. The lowest BCUT2D eigenvalue weighted by Crippen LogP contribution is -2.45. The van der Waals surface area contributed by atoms with Crippen molar-refractivity contribution in [1.82, 2.24) is 10.2 Å². The Morgan fingerprint density at radius 2 is 1.92 bits per heavy atom. The first-order valence-corrected chi connectivity index (χ1v) is 9.84. The summed E-state index contributed by atoms with van der Waals surface area (Å²) >= 11 is 3.43. The second-order valence-corrected chi connectivity index (χ2v) is 7.72. The summed E-state index contributed by atoms with van der Waals surface area (Å²) < 4.78 is 6.66. The van der Waals surface area contributed by atoms with Crippen LogP contribution in [0.4, 0.5) is 0 Å². The third kappa shape index (κ3) is 5.58. The van der Waals surface area contributed by atoms with Gasteiger partial charge >= 0.3 is 0 Å². The molecule has 0 unspecified atom stereocenters. The summed E-state index contributed by atoms with van der Waals surface area (Å²) in [5, 5.41) is 3.10. The molecule has 2 aromatic rings. The van der Waals surface area contributed by atoms with E-state index >= 15 is 0 Å². The SMILES string of the molecule is Cc1cc(Br)ccc1OCC(=O)NC1CCN(Cc2ccccc2)CC1. The highest BCUT2D eigenvalue weighted by Gasteiger charge is 2.20. The topological polar surface area (TPSA) is 41.6 Å². The molecule has 1 saturated heterocycles. The number of benzene rings is 2. The Hall–Kier alpha value is -1.85. The van der Waals surface area contributed by atoms with Gasteiger partial charge in [-0.3, -0.25) is 9.69 Å². The van der Waals surface area contributed by atoms with Crippen molar-refractivity contribution in [2.24, 2.45) is 0 Å². The number of hydrogen-bond donors (Lipinski definition) is 1. The Morgan fingerprint density at radius 1 is 1.19 bits per heavy atom. The Morgan fingerprint density at radius 3 is 2.62 bits per heavy atom. The van der Waals surface area contributed by atoms with Gasteiger partial charge in [0.1, 0.15) is 5.75 Å². The fourth-order valence-corrected chi connectivity index (χ4v) is 3.74. The maximum Gasteiger partial charge on any atom is 0.258 e. The molecule has 0 radical (unpaired) electrons. The molecule has 0 aliphatic carbocycles. The molecular formula is C21H25BrN2O2. The van der Waals surface area contributed by atoms with Crippen LogP contribution in [0.1, 0.15) is 24.0 Å². The third-order valence-electron chi connectivity index (χ3n) is 4.70. The van der Waals surface area contributed by atoms with E-state index in [4.69, 9.17) is 4.74 Å². The van der Waals surface area contributed by atoms with Gasteiger partial charge in [0.15, 0.2) is 6.61 Å². The van der Waals surface area contributed by atoms with Crippen LogP contribution in [0, 0.1) is 6.92 Å². The average molecular weight is 417 g/mol. The predicted molar refractivity (Wildman–Crippen MR) is 107 cm³/mol. The Kier molecular flexibility index (Phi) is 6.69. The first kappa shape index (κ1) is 18.9. The van der Waals surface area contributed by atoms with Gasteiger partial charge in [0, 0.05) is 30.1 Å². The number of halogens is 1. The number of ether oxygens (including phenoxy) is 1. The van der Waals surface area contributed by atoms with Crippen LogP contribution in [0.5, 0.6) is 5.75 Å².